The first-order chi connectivity index (χ1) is 10.7. The number of ether oxygens (including phenoxy) is 3. The average Bonchev–Trinajstić information content (AvgIpc) is 2.93. The number of hydrogen-bond acceptors (Lipinski definition) is 6. The van der Waals surface area contributed by atoms with E-state index in [9.17, 15) is 14.7 Å². The molecular weight excluding hydrogens is 304 g/mol. The van der Waals surface area contributed by atoms with E-state index < -0.39 is 23.9 Å². The molecule has 2 amide bonds. The Hall–Kier alpha value is -1.54. The van der Waals surface area contributed by atoms with Crippen molar-refractivity contribution >= 4 is 12.2 Å². The first-order valence-corrected chi connectivity index (χ1v) is 7.82. The maximum atomic E-state index is 11.8. The molecule has 8 nitrogen and oxygen atoms in total. The van der Waals surface area contributed by atoms with E-state index in [1.807, 2.05) is 0 Å². The Morgan fingerprint density at radius 3 is 2.70 bits per heavy atom. The number of amides is 2. The molecule has 23 heavy (non-hydrogen) atoms. The lowest BCUT2D eigenvalue weighted by Gasteiger charge is -2.23. The third-order valence-electron chi connectivity index (χ3n) is 3.09. The van der Waals surface area contributed by atoms with E-state index in [1.54, 1.807) is 20.8 Å². The second kappa shape index (κ2) is 8.93. The average molecular weight is 332 g/mol. The largest absolute Gasteiger partial charge is 0.447 e. The quantitative estimate of drug-likeness (QED) is 0.756. The number of hydrogen-bond donors (Lipinski definition) is 2. The van der Waals surface area contributed by atoms with Gasteiger partial charge in [0.2, 0.25) is 0 Å². The van der Waals surface area contributed by atoms with Crippen LogP contribution in [0.4, 0.5) is 9.59 Å². The third kappa shape index (κ3) is 8.61. The summed E-state index contributed by atoms with van der Waals surface area (Å²) >= 11 is 0. The van der Waals surface area contributed by atoms with Crippen LogP contribution < -0.4 is 5.32 Å². The molecule has 0 unspecified atom stereocenters. The number of likely N-dealkylation sites (N-methyl/N-ethyl adjacent to an activating group) is 1. The summed E-state index contributed by atoms with van der Waals surface area (Å²) < 4.78 is 15.5. The van der Waals surface area contributed by atoms with E-state index in [0.717, 1.165) is 12.8 Å². The number of nitrogens with one attached hydrogen (secondary N) is 1. The third-order valence-corrected chi connectivity index (χ3v) is 3.09. The lowest BCUT2D eigenvalue weighted by molar-refractivity contribution is 0.0262. The smallest absolute Gasteiger partial charge is 0.409 e. The molecule has 1 fully saturated rings. The molecule has 1 aliphatic rings. The van der Waals surface area contributed by atoms with Crippen LogP contribution in [-0.2, 0) is 14.2 Å². The zero-order chi connectivity index (χ0) is 17.5. The van der Waals surface area contributed by atoms with Crippen LogP contribution in [0.25, 0.3) is 0 Å². The second-order valence-corrected chi connectivity index (χ2v) is 6.63. The molecule has 134 valence electrons. The standard InChI is InChI=1S/C15H28N2O6/c1-15(2,3)23-13(19)16-8-11(18)9-17(4)14(20)22-10-12-6-5-7-21-12/h11-12,18H,5-10H2,1-4H3,(H,16,19)/t11-,12+/m1/s1. The number of aliphatic hydroxyl groups is 1. The molecule has 0 saturated carbocycles. The molecular formula is C15H28N2O6. The minimum atomic E-state index is -0.914. The first-order valence-electron chi connectivity index (χ1n) is 7.82. The summed E-state index contributed by atoms with van der Waals surface area (Å²) in [5, 5.41) is 12.3. The molecule has 0 aromatic carbocycles. The molecule has 0 aromatic heterocycles. The normalized spacial score (nSPS) is 19.1. The highest BCUT2D eigenvalue weighted by molar-refractivity contribution is 5.68. The van der Waals surface area contributed by atoms with Crippen molar-refractivity contribution in [2.45, 2.75) is 51.4 Å². The molecule has 0 spiro atoms. The van der Waals surface area contributed by atoms with Gasteiger partial charge in [0.15, 0.2) is 0 Å². The molecule has 2 atom stereocenters. The second-order valence-electron chi connectivity index (χ2n) is 6.63. The Morgan fingerprint density at radius 1 is 1.43 bits per heavy atom. The molecule has 2 N–H and O–H groups in total. The summed E-state index contributed by atoms with van der Waals surface area (Å²) in [5.74, 6) is 0. The van der Waals surface area contributed by atoms with E-state index in [4.69, 9.17) is 14.2 Å². The van der Waals surface area contributed by atoms with Crippen molar-refractivity contribution in [2.75, 3.05) is 33.4 Å². The van der Waals surface area contributed by atoms with E-state index >= 15 is 0 Å². The van der Waals surface area contributed by atoms with Gasteiger partial charge in [0.05, 0.1) is 18.8 Å². The maximum absolute atomic E-state index is 11.8. The molecule has 0 radical (unpaired) electrons. The van der Waals surface area contributed by atoms with Crippen LogP contribution in [0.15, 0.2) is 0 Å². The fraction of sp³-hybridized carbons (Fsp3) is 0.867. The Bertz CT molecular complexity index is 390. The van der Waals surface area contributed by atoms with Gasteiger partial charge in [0, 0.05) is 20.2 Å². The van der Waals surface area contributed by atoms with Crippen LogP contribution in [0.1, 0.15) is 33.6 Å². The lowest BCUT2D eigenvalue weighted by Crippen LogP contribution is -2.42. The SMILES string of the molecule is CN(C[C@H](O)CNC(=O)OC(C)(C)C)C(=O)OC[C@@H]1CCCO1. The molecule has 8 heteroatoms. The Balaban J connectivity index is 2.20. The zero-order valence-corrected chi connectivity index (χ0v) is 14.3. The summed E-state index contributed by atoms with van der Waals surface area (Å²) in [4.78, 5) is 24.5. The number of alkyl carbamates (subject to hydrolysis) is 1. The number of rotatable bonds is 6. The van der Waals surface area contributed by atoms with Gasteiger partial charge in [-0.3, -0.25) is 0 Å². The molecule has 1 aliphatic heterocycles. The highest BCUT2D eigenvalue weighted by atomic mass is 16.6. The van der Waals surface area contributed by atoms with Crippen molar-refractivity contribution in [2.24, 2.45) is 0 Å². The van der Waals surface area contributed by atoms with Crippen LogP contribution in [-0.4, -0.2) is 73.4 Å². The van der Waals surface area contributed by atoms with Gasteiger partial charge in [0.25, 0.3) is 0 Å². The highest BCUT2D eigenvalue weighted by Crippen LogP contribution is 2.12. The minimum Gasteiger partial charge on any atom is -0.447 e. The van der Waals surface area contributed by atoms with Crippen LogP contribution in [0.3, 0.4) is 0 Å². The first kappa shape index (κ1) is 19.5. The lowest BCUT2D eigenvalue weighted by atomic mass is 10.2. The predicted molar refractivity (Wildman–Crippen MR) is 83.2 cm³/mol. The summed E-state index contributed by atoms with van der Waals surface area (Å²) in [6, 6.07) is 0. The highest BCUT2D eigenvalue weighted by Gasteiger charge is 2.21. The van der Waals surface area contributed by atoms with Gasteiger partial charge < -0.3 is 29.5 Å². The molecule has 0 aromatic rings. The van der Waals surface area contributed by atoms with E-state index in [0.29, 0.717) is 6.61 Å². The minimum absolute atomic E-state index is 0.0156. The van der Waals surface area contributed by atoms with Crippen LogP contribution in [0, 0.1) is 0 Å². The predicted octanol–water partition coefficient (Wildman–Crippen LogP) is 1.12. The monoisotopic (exact) mass is 332 g/mol. The summed E-state index contributed by atoms with van der Waals surface area (Å²) in [7, 11) is 1.52. The number of nitrogens with zero attached hydrogens (tertiary/aromatic N) is 1. The van der Waals surface area contributed by atoms with Crippen LogP contribution in [0.5, 0.6) is 0 Å². The zero-order valence-electron chi connectivity index (χ0n) is 14.3. The maximum Gasteiger partial charge on any atom is 0.409 e. The van der Waals surface area contributed by atoms with Gasteiger partial charge in [0.1, 0.15) is 12.2 Å². The molecule has 0 bridgehead atoms. The van der Waals surface area contributed by atoms with Gasteiger partial charge in [-0.1, -0.05) is 0 Å². The number of carbonyl (C=O) groups is 2. The van der Waals surface area contributed by atoms with Gasteiger partial charge in [-0.15, -0.1) is 0 Å². The van der Waals surface area contributed by atoms with Crippen LogP contribution in [0.2, 0.25) is 0 Å². The van der Waals surface area contributed by atoms with Crippen molar-refractivity contribution in [3.05, 3.63) is 0 Å². The van der Waals surface area contributed by atoms with Gasteiger partial charge in [-0.2, -0.15) is 0 Å². The van der Waals surface area contributed by atoms with E-state index in [1.165, 1.54) is 11.9 Å². The fourth-order valence-electron chi connectivity index (χ4n) is 2.02. The molecule has 1 heterocycles. The van der Waals surface area contributed by atoms with Crippen molar-refractivity contribution in [1.82, 2.24) is 10.2 Å². The van der Waals surface area contributed by atoms with Crippen LogP contribution >= 0.6 is 0 Å². The molecule has 0 aliphatic carbocycles. The van der Waals surface area contributed by atoms with Crippen molar-refractivity contribution in [1.29, 1.82) is 0 Å². The number of carbonyl (C=O) groups excluding carboxylic acids is 2. The Morgan fingerprint density at radius 2 is 2.13 bits per heavy atom. The Kier molecular flexibility index (Phi) is 7.57. The van der Waals surface area contributed by atoms with Gasteiger partial charge in [-0.05, 0) is 33.6 Å². The summed E-state index contributed by atoms with van der Waals surface area (Å²) in [6.45, 7) is 6.20. The topological polar surface area (TPSA) is 97.3 Å². The summed E-state index contributed by atoms with van der Waals surface area (Å²) in [6.07, 6.45) is -0.224. The Labute approximate surface area is 137 Å². The van der Waals surface area contributed by atoms with Crippen molar-refractivity contribution in [3.8, 4) is 0 Å². The number of aliphatic hydroxyl groups excluding tert-OH is 1. The molecule has 1 rings (SSSR count). The van der Waals surface area contributed by atoms with Crippen molar-refractivity contribution in [3.63, 3.8) is 0 Å². The molecule has 1 saturated heterocycles. The van der Waals surface area contributed by atoms with Crippen molar-refractivity contribution < 1.29 is 28.9 Å². The van der Waals surface area contributed by atoms with E-state index in [2.05, 4.69) is 5.32 Å². The summed E-state index contributed by atoms with van der Waals surface area (Å²) in [5.41, 5.74) is -0.599. The van der Waals surface area contributed by atoms with Gasteiger partial charge in [-0.25, -0.2) is 9.59 Å². The fourth-order valence-corrected chi connectivity index (χ4v) is 2.02. The van der Waals surface area contributed by atoms with Gasteiger partial charge >= 0.3 is 12.2 Å². The van der Waals surface area contributed by atoms with E-state index in [-0.39, 0.29) is 25.8 Å².